The first-order valence-electron chi connectivity index (χ1n) is 11.3. The summed E-state index contributed by atoms with van der Waals surface area (Å²) in [5.74, 6) is -1.90. The molecule has 188 valence electrons. The number of halogens is 2. The monoisotopic (exact) mass is 498 g/mol. The molecule has 10 nitrogen and oxygen atoms in total. The zero-order valence-electron chi connectivity index (χ0n) is 19.1. The molecule has 4 aromatic rings. The predicted octanol–water partition coefficient (Wildman–Crippen LogP) is 3.74. The van der Waals surface area contributed by atoms with Gasteiger partial charge in [0, 0.05) is 24.6 Å². The minimum atomic E-state index is -0.918. The number of anilines is 1. The lowest BCUT2D eigenvalue weighted by atomic mass is 10.1. The molecule has 4 rings (SSSR count). The number of benzene rings is 1. The average molecular weight is 498 g/mol. The number of nitrogens with zero attached hydrogens (tertiary/aromatic N) is 5. The van der Waals surface area contributed by atoms with Crippen molar-refractivity contribution in [2.45, 2.75) is 38.3 Å². The molecule has 0 bridgehead atoms. The molecular formula is C24H24F2N6O4. The Morgan fingerprint density at radius 1 is 1.14 bits per heavy atom. The van der Waals surface area contributed by atoms with Crippen LogP contribution in [0.5, 0.6) is 0 Å². The minimum Gasteiger partial charge on any atom is -0.481 e. The molecule has 0 unspecified atom stereocenters. The predicted molar refractivity (Wildman–Crippen MR) is 125 cm³/mol. The summed E-state index contributed by atoms with van der Waals surface area (Å²) in [7, 11) is 0. The highest BCUT2D eigenvalue weighted by Crippen LogP contribution is 2.26. The van der Waals surface area contributed by atoms with Crippen molar-refractivity contribution in [3.05, 3.63) is 66.1 Å². The van der Waals surface area contributed by atoms with Crippen LogP contribution in [0.4, 0.5) is 14.6 Å². The lowest BCUT2D eigenvalue weighted by molar-refractivity contribution is -0.137. The SMILES string of the molecule is O=C(O)CCC[C@H](O)CCNc1nc(-c2cc(-c3ccon3)n(Cc3ccccc3F)n2)ncc1F. The van der Waals surface area contributed by atoms with E-state index < -0.39 is 17.9 Å². The van der Waals surface area contributed by atoms with Crippen molar-refractivity contribution in [1.82, 2.24) is 24.9 Å². The first-order valence-corrected chi connectivity index (χ1v) is 11.3. The molecule has 1 atom stereocenters. The zero-order valence-corrected chi connectivity index (χ0v) is 19.1. The summed E-state index contributed by atoms with van der Waals surface area (Å²) in [4.78, 5) is 18.9. The van der Waals surface area contributed by atoms with Crippen LogP contribution in [0, 0.1) is 11.6 Å². The van der Waals surface area contributed by atoms with E-state index >= 15 is 0 Å². The highest BCUT2D eigenvalue weighted by molar-refractivity contribution is 5.66. The van der Waals surface area contributed by atoms with E-state index in [1.165, 1.54) is 12.3 Å². The van der Waals surface area contributed by atoms with Gasteiger partial charge in [-0.15, -0.1) is 0 Å². The molecule has 0 saturated carbocycles. The first kappa shape index (κ1) is 24.9. The van der Waals surface area contributed by atoms with E-state index in [9.17, 15) is 18.7 Å². The normalized spacial score (nSPS) is 12.0. The van der Waals surface area contributed by atoms with E-state index in [2.05, 4.69) is 25.5 Å². The number of hydrogen-bond donors (Lipinski definition) is 3. The highest BCUT2D eigenvalue weighted by atomic mass is 19.1. The summed E-state index contributed by atoms with van der Waals surface area (Å²) in [6.07, 6.45) is 2.64. The van der Waals surface area contributed by atoms with Crippen LogP contribution >= 0.6 is 0 Å². The number of carboxylic acid groups (broad SMARTS) is 1. The van der Waals surface area contributed by atoms with Crippen LogP contribution in [-0.2, 0) is 11.3 Å². The molecular weight excluding hydrogens is 474 g/mol. The Balaban J connectivity index is 1.51. The van der Waals surface area contributed by atoms with Crippen LogP contribution in [-0.4, -0.2) is 53.7 Å². The maximum atomic E-state index is 14.3. The molecule has 3 N–H and O–H groups in total. The van der Waals surface area contributed by atoms with Gasteiger partial charge in [-0.3, -0.25) is 9.48 Å². The minimum absolute atomic E-state index is 0.0196. The van der Waals surface area contributed by atoms with Crippen molar-refractivity contribution in [2.24, 2.45) is 0 Å². The van der Waals surface area contributed by atoms with E-state index in [4.69, 9.17) is 9.63 Å². The van der Waals surface area contributed by atoms with Crippen LogP contribution in [0.2, 0.25) is 0 Å². The summed E-state index contributed by atoms with van der Waals surface area (Å²) in [6.45, 7) is 0.328. The number of aromatic nitrogens is 5. The standard InChI is InChI=1S/C24H24F2N6O4/c25-17-6-2-1-4-15(17)14-32-21(19-9-11-36-31-19)12-20(30-32)24-28-13-18(26)23(29-24)27-10-8-16(33)5-3-7-22(34)35/h1-2,4,6,9,11-13,16,33H,3,5,7-8,10,14H2,(H,34,35)(H,27,28,29)/t16-/m0/s1. The molecule has 0 aliphatic carbocycles. The van der Waals surface area contributed by atoms with Gasteiger partial charge in [-0.2, -0.15) is 5.10 Å². The smallest absolute Gasteiger partial charge is 0.303 e. The number of carbonyl (C=O) groups is 1. The molecule has 0 radical (unpaired) electrons. The maximum Gasteiger partial charge on any atom is 0.303 e. The Bertz CT molecular complexity index is 1310. The molecule has 0 aliphatic rings. The number of aliphatic hydroxyl groups excluding tert-OH is 1. The fourth-order valence-corrected chi connectivity index (χ4v) is 3.59. The van der Waals surface area contributed by atoms with Gasteiger partial charge in [-0.05, 0) is 31.4 Å². The van der Waals surface area contributed by atoms with Crippen LogP contribution in [0.15, 0.2) is 53.4 Å². The van der Waals surface area contributed by atoms with E-state index in [-0.39, 0.29) is 43.4 Å². The third kappa shape index (κ3) is 6.27. The van der Waals surface area contributed by atoms with Crippen molar-refractivity contribution in [3.8, 4) is 22.9 Å². The molecule has 0 amide bonds. The second-order valence-electron chi connectivity index (χ2n) is 8.09. The molecule has 0 saturated heterocycles. The highest BCUT2D eigenvalue weighted by Gasteiger charge is 2.18. The number of rotatable bonds is 12. The first-order chi connectivity index (χ1) is 17.4. The van der Waals surface area contributed by atoms with Gasteiger partial charge in [-0.25, -0.2) is 18.7 Å². The maximum absolute atomic E-state index is 14.3. The van der Waals surface area contributed by atoms with Crippen LogP contribution in [0.25, 0.3) is 22.9 Å². The lowest BCUT2D eigenvalue weighted by Gasteiger charge is -2.11. The summed E-state index contributed by atoms with van der Waals surface area (Å²) in [5.41, 5.74) is 1.75. The second-order valence-corrected chi connectivity index (χ2v) is 8.09. The van der Waals surface area contributed by atoms with Crippen molar-refractivity contribution >= 4 is 11.8 Å². The van der Waals surface area contributed by atoms with Crippen molar-refractivity contribution < 1.29 is 28.3 Å². The summed E-state index contributed by atoms with van der Waals surface area (Å²) in [6, 6.07) is 9.63. The molecule has 3 heterocycles. The van der Waals surface area contributed by atoms with Gasteiger partial charge in [0.15, 0.2) is 17.5 Å². The third-order valence-corrected chi connectivity index (χ3v) is 5.43. The van der Waals surface area contributed by atoms with Gasteiger partial charge in [0.25, 0.3) is 0 Å². The Hall–Kier alpha value is -4.19. The molecule has 1 aromatic carbocycles. The van der Waals surface area contributed by atoms with Gasteiger partial charge in [-0.1, -0.05) is 23.4 Å². The number of hydrogen-bond acceptors (Lipinski definition) is 8. The number of carboxylic acids is 1. The van der Waals surface area contributed by atoms with E-state index in [0.29, 0.717) is 35.5 Å². The number of aliphatic hydroxyl groups is 1. The fourth-order valence-electron chi connectivity index (χ4n) is 3.59. The summed E-state index contributed by atoms with van der Waals surface area (Å²) >= 11 is 0. The van der Waals surface area contributed by atoms with Gasteiger partial charge in [0.05, 0.1) is 24.5 Å². The molecule has 0 spiro atoms. The molecule has 12 heteroatoms. The quantitative estimate of drug-likeness (QED) is 0.266. The van der Waals surface area contributed by atoms with Gasteiger partial charge < -0.3 is 20.1 Å². The van der Waals surface area contributed by atoms with E-state index in [1.54, 1.807) is 35.0 Å². The van der Waals surface area contributed by atoms with Gasteiger partial charge >= 0.3 is 5.97 Å². The second kappa shape index (κ2) is 11.5. The van der Waals surface area contributed by atoms with Crippen LogP contribution < -0.4 is 5.32 Å². The van der Waals surface area contributed by atoms with Crippen molar-refractivity contribution in [3.63, 3.8) is 0 Å². The Labute approximate surface area is 204 Å². The topological polar surface area (TPSA) is 139 Å². The summed E-state index contributed by atoms with van der Waals surface area (Å²) < 4.78 is 35.1. The van der Waals surface area contributed by atoms with Crippen LogP contribution in [0.1, 0.15) is 31.2 Å². The van der Waals surface area contributed by atoms with Gasteiger partial charge in [0.1, 0.15) is 23.5 Å². The largest absolute Gasteiger partial charge is 0.481 e. The molecule has 3 aromatic heterocycles. The molecule has 36 heavy (non-hydrogen) atoms. The van der Waals surface area contributed by atoms with Crippen LogP contribution in [0.3, 0.4) is 0 Å². The fraction of sp³-hybridized carbons (Fsp3) is 0.292. The van der Waals surface area contributed by atoms with Gasteiger partial charge in [0.2, 0.25) is 0 Å². The van der Waals surface area contributed by atoms with Crippen molar-refractivity contribution in [2.75, 3.05) is 11.9 Å². The Kier molecular flexibility index (Phi) is 7.95. The number of nitrogens with one attached hydrogen (secondary N) is 1. The Morgan fingerprint density at radius 3 is 2.72 bits per heavy atom. The number of aliphatic carboxylic acids is 1. The average Bonchev–Trinajstić information content (AvgIpc) is 3.52. The zero-order chi connectivity index (χ0) is 25.5. The molecule has 0 aliphatic heterocycles. The van der Waals surface area contributed by atoms with Crippen molar-refractivity contribution in [1.29, 1.82) is 0 Å². The summed E-state index contributed by atoms with van der Waals surface area (Å²) in [5, 5.41) is 30.0. The van der Waals surface area contributed by atoms with E-state index in [0.717, 1.165) is 6.20 Å². The molecule has 0 fully saturated rings. The third-order valence-electron chi connectivity index (χ3n) is 5.43. The Morgan fingerprint density at radius 2 is 1.97 bits per heavy atom. The van der Waals surface area contributed by atoms with E-state index in [1.807, 2.05) is 0 Å². The lowest BCUT2D eigenvalue weighted by Crippen LogP contribution is -2.15.